The Morgan fingerprint density at radius 3 is 2.86 bits per heavy atom. The Kier molecular flexibility index (Phi) is 6.34. The van der Waals surface area contributed by atoms with Crippen molar-refractivity contribution in [1.29, 1.82) is 0 Å². The number of methoxy groups -OCH3 is 1. The molecule has 1 aromatic carbocycles. The van der Waals surface area contributed by atoms with Crippen LogP contribution >= 0.6 is 11.6 Å². The Bertz CT molecular complexity index is 450. The summed E-state index contributed by atoms with van der Waals surface area (Å²) in [5, 5.41) is 4.18. The summed E-state index contributed by atoms with van der Waals surface area (Å²) in [4.78, 5) is 2.46. The maximum absolute atomic E-state index is 6.42. The monoisotopic (exact) mass is 310 g/mol. The van der Waals surface area contributed by atoms with Crippen LogP contribution in [0, 0.1) is 11.8 Å². The highest BCUT2D eigenvalue weighted by Crippen LogP contribution is 2.30. The van der Waals surface area contributed by atoms with Crippen molar-refractivity contribution in [1.82, 2.24) is 5.32 Å². The second-order valence-corrected chi connectivity index (χ2v) is 6.59. The summed E-state index contributed by atoms with van der Waals surface area (Å²) >= 11 is 6.42. The van der Waals surface area contributed by atoms with Gasteiger partial charge in [0.1, 0.15) is 0 Å². The number of rotatable bonds is 7. The van der Waals surface area contributed by atoms with Gasteiger partial charge in [0, 0.05) is 44.0 Å². The van der Waals surface area contributed by atoms with Crippen LogP contribution in [-0.2, 0) is 11.3 Å². The standard InChI is InChI=1S/C17H27ClN2O/c1-13(2)15-6-8-20(12-15)16-5-4-14(17(18)10-16)11-19-7-9-21-3/h4-5,10,13,15,19H,6-9,11-12H2,1-3H3. The van der Waals surface area contributed by atoms with Crippen LogP contribution in [0.15, 0.2) is 18.2 Å². The topological polar surface area (TPSA) is 24.5 Å². The molecule has 1 aliphatic heterocycles. The van der Waals surface area contributed by atoms with E-state index >= 15 is 0 Å². The first-order valence-corrected chi connectivity index (χ1v) is 8.22. The van der Waals surface area contributed by atoms with Gasteiger partial charge in [-0.15, -0.1) is 0 Å². The normalized spacial score (nSPS) is 18.7. The minimum Gasteiger partial charge on any atom is -0.383 e. The molecule has 2 rings (SSSR count). The number of halogens is 1. The van der Waals surface area contributed by atoms with Gasteiger partial charge in [0.15, 0.2) is 0 Å². The van der Waals surface area contributed by atoms with E-state index in [0.717, 1.165) is 55.2 Å². The molecule has 1 atom stereocenters. The Balaban J connectivity index is 1.93. The zero-order chi connectivity index (χ0) is 15.2. The lowest BCUT2D eigenvalue weighted by molar-refractivity contribution is 0.199. The Hall–Kier alpha value is -0.770. The highest BCUT2D eigenvalue weighted by Gasteiger charge is 2.25. The first kappa shape index (κ1) is 16.6. The lowest BCUT2D eigenvalue weighted by Crippen LogP contribution is -2.21. The molecule has 118 valence electrons. The molecule has 1 heterocycles. The van der Waals surface area contributed by atoms with E-state index in [9.17, 15) is 0 Å². The minimum atomic E-state index is 0.722. The molecule has 1 aliphatic rings. The lowest BCUT2D eigenvalue weighted by atomic mass is 9.95. The Morgan fingerprint density at radius 1 is 1.43 bits per heavy atom. The van der Waals surface area contributed by atoms with Crippen molar-refractivity contribution >= 4 is 17.3 Å². The van der Waals surface area contributed by atoms with Crippen LogP contribution in [0.25, 0.3) is 0 Å². The molecule has 0 aromatic heterocycles. The highest BCUT2D eigenvalue weighted by molar-refractivity contribution is 6.31. The van der Waals surface area contributed by atoms with Gasteiger partial charge in [-0.05, 0) is 36.0 Å². The number of nitrogens with zero attached hydrogens (tertiary/aromatic N) is 1. The summed E-state index contributed by atoms with van der Waals surface area (Å²) < 4.78 is 5.02. The van der Waals surface area contributed by atoms with Crippen LogP contribution in [0.4, 0.5) is 5.69 Å². The summed E-state index contributed by atoms with van der Waals surface area (Å²) in [7, 11) is 1.71. The van der Waals surface area contributed by atoms with Crippen molar-refractivity contribution in [3.05, 3.63) is 28.8 Å². The van der Waals surface area contributed by atoms with E-state index in [0.29, 0.717) is 0 Å². The molecule has 1 aromatic rings. The SMILES string of the molecule is COCCNCc1ccc(N2CCC(C(C)C)C2)cc1Cl. The van der Waals surface area contributed by atoms with Crippen LogP contribution in [0.3, 0.4) is 0 Å². The van der Waals surface area contributed by atoms with E-state index in [2.05, 4.69) is 42.3 Å². The van der Waals surface area contributed by atoms with Crippen molar-refractivity contribution in [3.63, 3.8) is 0 Å². The number of ether oxygens (including phenoxy) is 1. The number of hydrogen-bond acceptors (Lipinski definition) is 3. The van der Waals surface area contributed by atoms with Crippen molar-refractivity contribution < 1.29 is 4.74 Å². The van der Waals surface area contributed by atoms with E-state index < -0.39 is 0 Å². The molecular formula is C17H27ClN2O. The van der Waals surface area contributed by atoms with Gasteiger partial charge in [0.2, 0.25) is 0 Å². The molecule has 0 spiro atoms. The van der Waals surface area contributed by atoms with Crippen molar-refractivity contribution in [2.45, 2.75) is 26.8 Å². The highest BCUT2D eigenvalue weighted by atomic mass is 35.5. The van der Waals surface area contributed by atoms with E-state index in [4.69, 9.17) is 16.3 Å². The summed E-state index contributed by atoms with van der Waals surface area (Å²) in [6.45, 7) is 9.28. The molecule has 0 amide bonds. The number of nitrogens with one attached hydrogen (secondary N) is 1. The summed E-state index contributed by atoms with van der Waals surface area (Å²) in [6.07, 6.45) is 1.29. The Labute approximate surface area is 133 Å². The quantitative estimate of drug-likeness (QED) is 0.779. The minimum absolute atomic E-state index is 0.722. The number of hydrogen-bond donors (Lipinski definition) is 1. The van der Waals surface area contributed by atoms with Gasteiger partial charge in [-0.3, -0.25) is 0 Å². The summed E-state index contributed by atoms with van der Waals surface area (Å²) in [5.74, 6) is 1.56. The molecule has 21 heavy (non-hydrogen) atoms. The average Bonchev–Trinajstić information content (AvgIpc) is 2.95. The second kappa shape index (κ2) is 8.02. The van der Waals surface area contributed by atoms with E-state index in [-0.39, 0.29) is 0 Å². The number of anilines is 1. The molecule has 0 radical (unpaired) electrons. The van der Waals surface area contributed by atoms with Crippen LogP contribution in [0.2, 0.25) is 5.02 Å². The molecule has 1 fully saturated rings. The lowest BCUT2D eigenvalue weighted by Gasteiger charge is -2.21. The fourth-order valence-electron chi connectivity index (χ4n) is 2.84. The third kappa shape index (κ3) is 4.60. The average molecular weight is 311 g/mol. The maximum atomic E-state index is 6.42. The van der Waals surface area contributed by atoms with E-state index in [1.165, 1.54) is 12.1 Å². The van der Waals surface area contributed by atoms with Crippen LogP contribution in [-0.4, -0.2) is 33.4 Å². The van der Waals surface area contributed by atoms with Crippen molar-refractivity contribution in [3.8, 4) is 0 Å². The molecule has 1 saturated heterocycles. The predicted molar refractivity (Wildman–Crippen MR) is 90.2 cm³/mol. The third-order valence-corrected chi connectivity index (χ3v) is 4.72. The summed E-state index contributed by atoms with van der Waals surface area (Å²) in [6, 6.07) is 6.44. The molecule has 0 bridgehead atoms. The summed E-state index contributed by atoms with van der Waals surface area (Å²) in [5.41, 5.74) is 2.40. The largest absolute Gasteiger partial charge is 0.383 e. The fourth-order valence-corrected chi connectivity index (χ4v) is 3.08. The molecule has 3 nitrogen and oxygen atoms in total. The van der Waals surface area contributed by atoms with Crippen molar-refractivity contribution in [2.24, 2.45) is 11.8 Å². The van der Waals surface area contributed by atoms with Crippen molar-refractivity contribution in [2.75, 3.05) is 38.3 Å². The zero-order valence-corrected chi connectivity index (χ0v) is 14.1. The molecule has 0 aliphatic carbocycles. The first-order valence-electron chi connectivity index (χ1n) is 7.85. The maximum Gasteiger partial charge on any atom is 0.0587 e. The smallest absolute Gasteiger partial charge is 0.0587 e. The van der Waals surface area contributed by atoms with Crippen LogP contribution in [0.5, 0.6) is 0 Å². The van der Waals surface area contributed by atoms with Crippen LogP contribution < -0.4 is 10.2 Å². The second-order valence-electron chi connectivity index (χ2n) is 6.18. The van der Waals surface area contributed by atoms with E-state index in [1.54, 1.807) is 7.11 Å². The zero-order valence-electron chi connectivity index (χ0n) is 13.4. The number of benzene rings is 1. The third-order valence-electron chi connectivity index (χ3n) is 4.37. The molecular weight excluding hydrogens is 284 g/mol. The molecule has 1 N–H and O–H groups in total. The van der Waals surface area contributed by atoms with Gasteiger partial charge in [0.05, 0.1) is 6.61 Å². The van der Waals surface area contributed by atoms with Gasteiger partial charge in [-0.2, -0.15) is 0 Å². The van der Waals surface area contributed by atoms with Gasteiger partial charge in [-0.1, -0.05) is 31.5 Å². The molecule has 4 heteroatoms. The van der Waals surface area contributed by atoms with Gasteiger partial charge in [0.25, 0.3) is 0 Å². The Morgan fingerprint density at radius 2 is 2.24 bits per heavy atom. The predicted octanol–water partition coefficient (Wildman–Crippen LogP) is 3.56. The molecule has 0 saturated carbocycles. The first-order chi connectivity index (χ1) is 10.1. The van der Waals surface area contributed by atoms with E-state index in [1.807, 2.05) is 0 Å². The fraction of sp³-hybridized carbons (Fsp3) is 0.647. The van der Waals surface area contributed by atoms with Crippen LogP contribution in [0.1, 0.15) is 25.8 Å². The van der Waals surface area contributed by atoms with Gasteiger partial charge < -0.3 is 15.0 Å². The van der Waals surface area contributed by atoms with Gasteiger partial charge >= 0.3 is 0 Å². The van der Waals surface area contributed by atoms with Gasteiger partial charge in [-0.25, -0.2) is 0 Å². The molecule has 1 unspecified atom stereocenters.